The third-order valence-corrected chi connectivity index (χ3v) is 4.37. The third kappa shape index (κ3) is 6.42. The molecule has 0 radical (unpaired) electrons. The highest BCUT2D eigenvalue weighted by Gasteiger charge is 2.19. The van der Waals surface area contributed by atoms with Crippen LogP contribution in [0.2, 0.25) is 0 Å². The van der Waals surface area contributed by atoms with Crippen molar-refractivity contribution in [3.63, 3.8) is 0 Å². The van der Waals surface area contributed by atoms with Gasteiger partial charge >= 0.3 is 0 Å². The molecule has 1 atom stereocenters. The summed E-state index contributed by atoms with van der Waals surface area (Å²) >= 11 is 0. The number of unbranched alkanes of at least 4 members (excludes halogenated alkanes) is 1. The van der Waals surface area contributed by atoms with Crippen molar-refractivity contribution >= 4 is 0 Å². The summed E-state index contributed by atoms with van der Waals surface area (Å²) in [4.78, 5) is 0. The molecule has 2 nitrogen and oxygen atoms in total. The van der Waals surface area contributed by atoms with E-state index in [4.69, 9.17) is 5.73 Å². The van der Waals surface area contributed by atoms with Gasteiger partial charge in [-0.05, 0) is 31.1 Å². The molecule has 1 aliphatic carbocycles. The highest BCUT2D eigenvalue weighted by molar-refractivity contribution is 4.73. The normalized spacial score (nSPS) is 27.0. The molecule has 0 heterocycles. The molecule has 0 bridgehead atoms. The molecule has 0 aliphatic heterocycles. The van der Waals surface area contributed by atoms with Crippen molar-refractivity contribution in [3.05, 3.63) is 0 Å². The van der Waals surface area contributed by atoms with Gasteiger partial charge in [-0.15, -0.1) is 0 Å². The van der Waals surface area contributed by atoms with Gasteiger partial charge in [-0.25, -0.2) is 0 Å². The summed E-state index contributed by atoms with van der Waals surface area (Å²) in [5.74, 6) is 1.97. The lowest BCUT2D eigenvalue weighted by Crippen LogP contribution is -2.34. The van der Waals surface area contributed by atoms with Crippen LogP contribution in [0.4, 0.5) is 0 Å². The fourth-order valence-electron chi connectivity index (χ4n) is 3.02. The molecule has 17 heavy (non-hydrogen) atoms. The first-order chi connectivity index (χ1) is 8.26. The van der Waals surface area contributed by atoms with E-state index in [9.17, 15) is 0 Å². The zero-order valence-corrected chi connectivity index (χ0v) is 11.9. The molecule has 1 unspecified atom stereocenters. The van der Waals surface area contributed by atoms with Crippen molar-refractivity contribution in [2.75, 3.05) is 6.67 Å². The van der Waals surface area contributed by atoms with Crippen LogP contribution in [0, 0.1) is 11.8 Å². The highest BCUT2D eigenvalue weighted by atomic mass is 15.0. The fraction of sp³-hybridized carbons (Fsp3) is 1.00. The lowest BCUT2D eigenvalue weighted by atomic mass is 9.80. The summed E-state index contributed by atoms with van der Waals surface area (Å²) in [6.07, 6.45) is 12.5. The highest BCUT2D eigenvalue weighted by Crippen LogP contribution is 2.31. The predicted octanol–water partition coefficient (Wildman–Crippen LogP) is 3.66. The first kappa shape index (κ1) is 15.0. The van der Waals surface area contributed by atoms with Gasteiger partial charge in [-0.2, -0.15) is 0 Å². The van der Waals surface area contributed by atoms with E-state index in [1.165, 1.54) is 57.8 Å². The Hall–Kier alpha value is -0.0800. The number of nitrogens with two attached hydrogens (primary N) is 1. The number of hydrogen-bond donors (Lipinski definition) is 2. The van der Waals surface area contributed by atoms with E-state index in [2.05, 4.69) is 19.2 Å². The van der Waals surface area contributed by atoms with Gasteiger partial charge in [0.05, 0.1) is 0 Å². The van der Waals surface area contributed by atoms with Crippen molar-refractivity contribution in [3.8, 4) is 0 Å². The van der Waals surface area contributed by atoms with E-state index in [-0.39, 0.29) is 0 Å². The molecule has 0 saturated heterocycles. The fourth-order valence-corrected chi connectivity index (χ4v) is 3.02. The Kier molecular flexibility index (Phi) is 7.87. The van der Waals surface area contributed by atoms with Crippen LogP contribution in [0.25, 0.3) is 0 Å². The Morgan fingerprint density at radius 1 is 1.18 bits per heavy atom. The van der Waals surface area contributed by atoms with Crippen LogP contribution >= 0.6 is 0 Å². The van der Waals surface area contributed by atoms with Crippen molar-refractivity contribution in [2.24, 2.45) is 17.6 Å². The van der Waals surface area contributed by atoms with Crippen molar-refractivity contribution < 1.29 is 0 Å². The average molecular weight is 240 g/mol. The van der Waals surface area contributed by atoms with Gasteiger partial charge in [0.1, 0.15) is 0 Å². The third-order valence-electron chi connectivity index (χ3n) is 4.37. The van der Waals surface area contributed by atoms with Crippen LogP contribution in [0.15, 0.2) is 0 Å². The predicted molar refractivity (Wildman–Crippen MR) is 75.9 cm³/mol. The van der Waals surface area contributed by atoms with Gasteiger partial charge in [0, 0.05) is 12.7 Å². The molecule has 2 heteroatoms. The first-order valence-electron chi connectivity index (χ1n) is 7.69. The molecule has 0 aromatic carbocycles. The summed E-state index contributed by atoms with van der Waals surface area (Å²) in [7, 11) is 0. The lowest BCUT2D eigenvalue weighted by molar-refractivity contribution is 0.261. The maximum atomic E-state index is 5.62. The molecule has 0 aromatic heterocycles. The van der Waals surface area contributed by atoms with E-state index >= 15 is 0 Å². The number of rotatable bonds is 8. The molecule has 3 N–H and O–H groups in total. The van der Waals surface area contributed by atoms with E-state index in [0.29, 0.717) is 12.7 Å². The summed E-state index contributed by atoms with van der Waals surface area (Å²) in [5, 5.41) is 3.44. The topological polar surface area (TPSA) is 38.0 Å². The van der Waals surface area contributed by atoms with Crippen LogP contribution in [-0.4, -0.2) is 12.7 Å². The second kappa shape index (κ2) is 8.93. The van der Waals surface area contributed by atoms with Crippen molar-refractivity contribution in [1.82, 2.24) is 5.32 Å². The summed E-state index contributed by atoms with van der Waals surface area (Å²) in [6, 6.07) is 0.666. The molecule has 102 valence electrons. The Balaban J connectivity index is 2.16. The molecule has 1 aliphatic rings. The van der Waals surface area contributed by atoms with E-state index in [1.807, 2.05) is 0 Å². The monoisotopic (exact) mass is 240 g/mol. The molecule has 1 fully saturated rings. The van der Waals surface area contributed by atoms with Gasteiger partial charge in [0.25, 0.3) is 0 Å². The smallest absolute Gasteiger partial charge is 0.0430 e. The molecule has 1 rings (SSSR count). The van der Waals surface area contributed by atoms with Crippen LogP contribution < -0.4 is 11.1 Å². The van der Waals surface area contributed by atoms with E-state index in [0.717, 1.165) is 11.8 Å². The van der Waals surface area contributed by atoms with E-state index < -0.39 is 0 Å². The van der Waals surface area contributed by atoms with Crippen LogP contribution in [0.3, 0.4) is 0 Å². The van der Waals surface area contributed by atoms with Crippen LogP contribution in [-0.2, 0) is 0 Å². The number of hydrogen-bond acceptors (Lipinski definition) is 2. The van der Waals surface area contributed by atoms with E-state index in [1.54, 1.807) is 0 Å². The second-order valence-corrected chi connectivity index (χ2v) is 5.95. The standard InChI is InChI=1S/C15H32N2/c1-3-4-5-15(17-12-16)11-10-14-8-6-13(2)7-9-14/h13-15,17H,3-12,16H2,1-2H3. The van der Waals surface area contributed by atoms with Crippen LogP contribution in [0.1, 0.15) is 71.6 Å². The maximum Gasteiger partial charge on any atom is 0.0430 e. The second-order valence-electron chi connectivity index (χ2n) is 5.95. The quantitative estimate of drug-likeness (QED) is 0.635. The zero-order chi connectivity index (χ0) is 12.5. The molecule has 0 amide bonds. The summed E-state index contributed by atoms with van der Waals surface area (Å²) in [6.45, 7) is 5.30. The molecule has 0 aromatic rings. The number of nitrogens with one attached hydrogen (secondary N) is 1. The first-order valence-corrected chi connectivity index (χ1v) is 7.69. The maximum absolute atomic E-state index is 5.62. The Bertz CT molecular complexity index is 174. The van der Waals surface area contributed by atoms with Crippen LogP contribution in [0.5, 0.6) is 0 Å². The van der Waals surface area contributed by atoms with Gasteiger partial charge < -0.3 is 11.1 Å². The minimum absolute atomic E-state index is 0.635. The Morgan fingerprint density at radius 3 is 2.47 bits per heavy atom. The zero-order valence-electron chi connectivity index (χ0n) is 11.9. The molecular weight excluding hydrogens is 208 g/mol. The average Bonchev–Trinajstić information content (AvgIpc) is 2.35. The Labute approximate surface area is 108 Å². The minimum Gasteiger partial charge on any atom is -0.318 e. The summed E-state index contributed by atoms with van der Waals surface area (Å²) < 4.78 is 0. The lowest BCUT2D eigenvalue weighted by Gasteiger charge is -2.27. The Morgan fingerprint density at radius 2 is 1.88 bits per heavy atom. The van der Waals surface area contributed by atoms with Gasteiger partial charge in [-0.1, -0.05) is 52.4 Å². The van der Waals surface area contributed by atoms with Gasteiger partial charge in [-0.3, -0.25) is 0 Å². The SMILES string of the molecule is CCCCC(CCC1CCC(C)CC1)NCN. The summed E-state index contributed by atoms with van der Waals surface area (Å²) in [5.41, 5.74) is 5.62. The minimum atomic E-state index is 0.635. The van der Waals surface area contributed by atoms with Crippen molar-refractivity contribution in [1.29, 1.82) is 0 Å². The van der Waals surface area contributed by atoms with Gasteiger partial charge in [0.2, 0.25) is 0 Å². The largest absolute Gasteiger partial charge is 0.318 e. The van der Waals surface area contributed by atoms with Gasteiger partial charge in [0.15, 0.2) is 0 Å². The molecule has 1 saturated carbocycles. The molecule has 0 spiro atoms. The molecular formula is C15H32N2. The van der Waals surface area contributed by atoms with Crippen molar-refractivity contribution in [2.45, 2.75) is 77.7 Å².